The van der Waals surface area contributed by atoms with Gasteiger partial charge in [0.05, 0.1) is 12.5 Å². The van der Waals surface area contributed by atoms with Crippen molar-refractivity contribution in [2.45, 2.75) is 53.0 Å². The standard InChI is InChI=1S/C15H25N5/c1-6-10-17-14-12(4)15(19-13(7-2)18-14)20(5)11(3)8-9-16/h11H,6-8,10H2,1-5H3,(H,17,18,19). The average molecular weight is 275 g/mol. The van der Waals surface area contributed by atoms with Crippen LogP contribution in [0.15, 0.2) is 0 Å². The Hall–Kier alpha value is -1.83. The van der Waals surface area contributed by atoms with Gasteiger partial charge in [0.25, 0.3) is 0 Å². The van der Waals surface area contributed by atoms with Crippen molar-refractivity contribution in [3.63, 3.8) is 0 Å². The van der Waals surface area contributed by atoms with Crippen LogP contribution in [0.2, 0.25) is 0 Å². The Kier molecular flexibility index (Phi) is 6.23. The highest BCUT2D eigenvalue weighted by Crippen LogP contribution is 2.25. The maximum Gasteiger partial charge on any atom is 0.137 e. The molecule has 0 bridgehead atoms. The fourth-order valence-electron chi connectivity index (χ4n) is 1.94. The third-order valence-electron chi connectivity index (χ3n) is 3.41. The van der Waals surface area contributed by atoms with Crippen molar-refractivity contribution < 1.29 is 0 Å². The average Bonchev–Trinajstić information content (AvgIpc) is 2.45. The smallest absolute Gasteiger partial charge is 0.137 e. The quantitative estimate of drug-likeness (QED) is 0.829. The number of aromatic nitrogens is 2. The topological polar surface area (TPSA) is 64.8 Å². The summed E-state index contributed by atoms with van der Waals surface area (Å²) in [5.74, 6) is 2.66. The van der Waals surface area contributed by atoms with E-state index in [4.69, 9.17) is 5.26 Å². The molecule has 0 aliphatic carbocycles. The predicted octanol–water partition coefficient (Wildman–Crippen LogP) is 2.91. The van der Waals surface area contributed by atoms with Gasteiger partial charge in [-0.15, -0.1) is 0 Å². The minimum Gasteiger partial charge on any atom is -0.370 e. The third kappa shape index (κ3) is 3.83. The first-order chi connectivity index (χ1) is 9.54. The fraction of sp³-hybridized carbons (Fsp3) is 0.667. The van der Waals surface area contributed by atoms with E-state index in [1.165, 1.54) is 0 Å². The zero-order valence-corrected chi connectivity index (χ0v) is 13.2. The van der Waals surface area contributed by atoms with Crippen molar-refractivity contribution in [2.75, 3.05) is 23.8 Å². The van der Waals surface area contributed by atoms with Gasteiger partial charge in [0.1, 0.15) is 17.5 Å². The molecule has 0 aromatic carbocycles. The Balaban J connectivity index is 3.14. The summed E-state index contributed by atoms with van der Waals surface area (Å²) >= 11 is 0. The van der Waals surface area contributed by atoms with Crippen molar-refractivity contribution in [2.24, 2.45) is 0 Å². The van der Waals surface area contributed by atoms with Crippen LogP contribution in [0, 0.1) is 18.3 Å². The molecule has 0 spiro atoms. The second-order valence-corrected chi connectivity index (χ2v) is 5.04. The summed E-state index contributed by atoms with van der Waals surface area (Å²) in [7, 11) is 1.99. The molecule has 1 unspecified atom stereocenters. The molecular weight excluding hydrogens is 250 g/mol. The monoisotopic (exact) mass is 275 g/mol. The minimum atomic E-state index is 0.136. The van der Waals surface area contributed by atoms with Crippen molar-refractivity contribution in [1.29, 1.82) is 5.26 Å². The lowest BCUT2D eigenvalue weighted by Crippen LogP contribution is -2.30. The van der Waals surface area contributed by atoms with E-state index < -0.39 is 0 Å². The van der Waals surface area contributed by atoms with Gasteiger partial charge in [0.2, 0.25) is 0 Å². The Morgan fingerprint density at radius 1 is 1.35 bits per heavy atom. The summed E-state index contributed by atoms with van der Waals surface area (Å²) in [5, 5.41) is 12.2. The van der Waals surface area contributed by atoms with Gasteiger partial charge in [-0.2, -0.15) is 5.26 Å². The molecular formula is C15H25N5. The highest BCUT2D eigenvalue weighted by Gasteiger charge is 2.17. The summed E-state index contributed by atoms with van der Waals surface area (Å²) < 4.78 is 0. The maximum absolute atomic E-state index is 8.85. The summed E-state index contributed by atoms with van der Waals surface area (Å²) in [6.45, 7) is 9.15. The Morgan fingerprint density at radius 3 is 2.60 bits per heavy atom. The molecule has 0 saturated heterocycles. The molecule has 5 nitrogen and oxygen atoms in total. The SMILES string of the molecule is CCCNc1nc(CC)nc(N(C)C(C)CC#N)c1C. The summed E-state index contributed by atoms with van der Waals surface area (Å²) in [6, 6.07) is 2.35. The fourth-order valence-corrected chi connectivity index (χ4v) is 1.94. The van der Waals surface area contributed by atoms with Crippen LogP contribution in [0.5, 0.6) is 0 Å². The van der Waals surface area contributed by atoms with Gasteiger partial charge in [-0.05, 0) is 20.3 Å². The first-order valence-electron chi connectivity index (χ1n) is 7.26. The van der Waals surface area contributed by atoms with Gasteiger partial charge in [0, 0.05) is 31.6 Å². The Morgan fingerprint density at radius 2 is 2.05 bits per heavy atom. The highest BCUT2D eigenvalue weighted by atomic mass is 15.2. The summed E-state index contributed by atoms with van der Waals surface area (Å²) in [5.41, 5.74) is 1.04. The predicted molar refractivity (Wildman–Crippen MR) is 83.0 cm³/mol. The molecule has 5 heteroatoms. The number of hydrogen-bond acceptors (Lipinski definition) is 5. The number of nitrogens with zero attached hydrogens (tertiary/aromatic N) is 4. The molecule has 0 amide bonds. The number of nitriles is 1. The van der Waals surface area contributed by atoms with Gasteiger partial charge < -0.3 is 10.2 Å². The van der Waals surface area contributed by atoms with Gasteiger partial charge in [0.15, 0.2) is 0 Å². The largest absolute Gasteiger partial charge is 0.370 e. The molecule has 0 radical (unpaired) electrons. The molecule has 1 rings (SSSR count). The molecule has 20 heavy (non-hydrogen) atoms. The first-order valence-corrected chi connectivity index (χ1v) is 7.26. The lowest BCUT2D eigenvalue weighted by molar-refractivity contribution is 0.687. The van der Waals surface area contributed by atoms with Crippen LogP contribution in [-0.4, -0.2) is 29.6 Å². The number of hydrogen-bond donors (Lipinski definition) is 1. The van der Waals surface area contributed by atoms with E-state index in [1.54, 1.807) is 0 Å². The molecule has 110 valence electrons. The van der Waals surface area contributed by atoms with Crippen molar-refractivity contribution in [1.82, 2.24) is 9.97 Å². The van der Waals surface area contributed by atoms with Crippen molar-refractivity contribution in [3.8, 4) is 6.07 Å². The molecule has 1 heterocycles. The van der Waals surface area contributed by atoms with Crippen LogP contribution in [0.25, 0.3) is 0 Å². The summed E-state index contributed by atoms with van der Waals surface area (Å²) in [4.78, 5) is 11.3. The van der Waals surface area contributed by atoms with E-state index in [0.29, 0.717) is 6.42 Å². The van der Waals surface area contributed by atoms with Crippen molar-refractivity contribution >= 4 is 11.6 Å². The number of rotatable bonds is 7. The van der Waals surface area contributed by atoms with E-state index in [9.17, 15) is 0 Å². The van der Waals surface area contributed by atoms with Crippen LogP contribution >= 0.6 is 0 Å². The molecule has 0 fully saturated rings. The second kappa shape index (κ2) is 7.68. The number of aryl methyl sites for hydroxylation is 1. The highest BCUT2D eigenvalue weighted by molar-refractivity contribution is 5.58. The first kappa shape index (κ1) is 16.2. The van der Waals surface area contributed by atoms with E-state index >= 15 is 0 Å². The van der Waals surface area contributed by atoms with Crippen LogP contribution in [0.4, 0.5) is 11.6 Å². The second-order valence-electron chi connectivity index (χ2n) is 5.04. The summed E-state index contributed by atoms with van der Waals surface area (Å²) in [6.07, 6.45) is 2.34. The Bertz CT molecular complexity index is 478. The lowest BCUT2D eigenvalue weighted by Gasteiger charge is -2.27. The van der Waals surface area contributed by atoms with Crippen LogP contribution in [0.3, 0.4) is 0 Å². The van der Waals surface area contributed by atoms with E-state index in [1.807, 2.05) is 20.9 Å². The van der Waals surface area contributed by atoms with Gasteiger partial charge in [-0.1, -0.05) is 13.8 Å². The molecule has 1 aromatic rings. The number of anilines is 2. The normalized spacial score (nSPS) is 11.8. The lowest BCUT2D eigenvalue weighted by atomic mass is 10.2. The van der Waals surface area contributed by atoms with Crippen LogP contribution < -0.4 is 10.2 Å². The van der Waals surface area contributed by atoms with E-state index in [-0.39, 0.29) is 6.04 Å². The van der Waals surface area contributed by atoms with Gasteiger partial charge in [-0.25, -0.2) is 9.97 Å². The molecule has 0 saturated carbocycles. The van der Waals surface area contributed by atoms with Crippen molar-refractivity contribution in [3.05, 3.63) is 11.4 Å². The zero-order chi connectivity index (χ0) is 15.1. The number of nitrogens with one attached hydrogen (secondary N) is 1. The van der Waals surface area contributed by atoms with Gasteiger partial charge in [-0.3, -0.25) is 0 Å². The Labute approximate surface area is 122 Å². The molecule has 1 N–H and O–H groups in total. The third-order valence-corrected chi connectivity index (χ3v) is 3.41. The molecule has 0 aliphatic heterocycles. The van der Waals surface area contributed by atoms with Crippen LogP contribution in [-0.2, 0) is 6.42 Å². The molecule has 1 atom stereocenters. The van der Waals surface area contributed by atoms with E-state index in [2.05, 4.69) is 40.1 Å². The minimum absolute atomic E-state index is 0.136. The van der Waals surface area contributed by atoms with Gasteiger partial charge >= 0.3 is 0 Å². The molecule has 0 aliphatic rings. The zero-order valence-electron chi connectivity index (χ0n) is 13.2. The maximum atomic E-state index is 8.85. The molecule has 1 aromatic heterocycles. The van der Waals surface area contributed by atoms with E-state index in [0.717, 1.165) is 42.4 Å². The van der Waals surface area contributed by atoms with Crippen LogP contribution in [0.1, 0.15) is 45.0 Å².